The van der Waals surface area contributed by atoms with Crippen molar-refractivity contribution in [3.05, 3.63) is 33.2 Å². The van der Waals surface area contributed by atoms with Gasteiger partial charge in [-0.05, 0) is 40.2 Å². The molecule has 1 aliphatic heterocycles. The van der Waals surface area contributed by atoms with Crippen molar-refractivity contribution in [2.75, 3.05) is 19.8 Å². The lowest BCUT2D eigenvalue weighted by Gasteiger charge is -2.24. The van der Waals surface area contributed by atoms with Crippen LogP contribution < -0.4 is 5.43 Å². The van der Waals surface area contributed by atoms with Crippen LogP contribution in [0.4, 0.5) is 0 Å². The molecule has 1 aliphatic rings. The van der Waals surface area contributed by atoms with Crippen LogP contribution in [0.2, 0.25) is 0 Å². The fourth-order valence-electron chi connectivity index (χ4n) is 2.72. The molecule has 1 atom stereocenters. The van der Waals surface area contributed by atoms with E-state index in [0.717, 1.165) is 43.1 Å². The van der Waals surface area contributed by atoms with Crippen LogP contribution in [0.3, 0.4) is 0 Å². The molecule has 0 aromatic carbocycles. The lowest BCUT2D eigenvalue weighted by atomic mass is 10.1. The van der Waals surface area contributed by atoms with E-state index in [0.29, 0.717) is 6.04 Å². The van der Waals surface area contributed by atoms with Gasteiger partial charge >= 0.3 is 0 Å². The molecule has 2 heterocycles. The molecule has 0 saturated carbocycles. The topological polar surface area (TPSA) is 45.3 Å². The lowest BCUT2D eigenvalue weighted by molar-refractivity contribution is 0.0818. The second kappa shape index (κ2) is 6.35. The van der Waals surface area contributed by atoms with Crippen LogP contribution in [-0.4, -0.2) is 35.7 Å². The maximum absolute atomic E-state index is 12.0. The Kier molecular flexibility index (Phi) is 4.77. The summed E-state index contributed by atoms with van der Waals surface area (Å²) in [5.41, 5.74) is 2.84. The standard InChI is InChI=1S/C15H24N2O2/c1-4-19-10-13-6-5-7-17(13)9-14-12(3)15(18)11(2)8-16-14/h8,13H,4-7,9-10H2,1-3H3,(H,16,18)/t13-/m1/s1. The van der Waals surface area contributed by atoms with Crippen LogP contribution in [0.15, 0.2) is 11.0 Å². The molecule has 1 fully saturated rings. The summed E-state index contributed by atoms with van der Waals surface area (Å²) >= 11 is 0. The summed E-state index contributed by atoms with van der Waals surface area (Å²) in [5.74, 6) is 0. The average molecular weight is 264 g/mol. The molecular formula is C15H24N2O2. The smallest absolute Gasteiger partial charge is 0.187 e. The number of nitrogens with zero attached hydrogens (tertiary/aromatic N) is 1. The van der Waals surface area contributed by atoms with Gasteiger partial charge in [-0.25, -0.2) is 0 Å². The van der Waals surface area contributed by atoms with E-state index >= 15 is 0 Å². The third-order valence-electron chi connectivity index (χ3n) is 3.99. The van der Waals surface area contributed by atoms with Gasteiger partial charge in [0.2, 0.25) is 0 Å². The highest BCUT2D eigenvalue weighted by Gasteiger charge is 2.25. The number of hydrogen-bond donors (Lipinski definition) is 1. The zero-order chi connectivity index (χ0) is 13.8. The van der Waals surface area contributed by atoms with E-state index in [-0.39, 0.29) is 5.43 Å². The van der Waals surface area contributed by atoms with Crippen molar-refractivity contribution in [1.82, 2.24) is 9.88 Å². The molecule has 4 heteroatoms. The van der Waals surface area contributed by atoms with Crippen LogP contribution in [0.5, 0.6) is 0 Å². The molecule has 0 spiro atoms. The number of ether oxygens (including phenoxy) is 1. The van der Waals surface area contributed by atoms with Gasteiger partial charge < -0.3 is 9.72 Å². The van der Waals surface area contributed by atoms with Crippen molar-refractivity contribution in [3.8, 4) is 0 Å². The predicted molar refractivity (Wildman–Crippen MR) is 76.5 cm³/mol. The Morgan fingerprint density at radius 1 is 1.47 bits per heavy atom. The van der Waals surface area contributed by atoms with Gasteiger partial charge in [0.1, 0.15) is 0 Å². The zero-order valence-corrected chi connectivity index (χ0v) is 12.2. The lowest BCUT2D eigenvalue weighted by Crippen LogP contribution is -2.33. The molecule has 1 saturated heterocycles. The van der Waals surface area contributed by atoms with E-state index in [1.54, 1.807) is 0 Å². The van der Waals surface area contributed by atoms with E-state index in [4.69, 9.17) is 4.74 Å². The van der Waals surface area contributed by atoms with Gasteiger partial charge in [-0.2, -0.15) is 0 Å². The minimum Gasteiger partial charge on any atom is -0.380 e. The fraction of sp³-hybridized carbons (Fsp3) is 0.667. The van der Waals surface area contributed by atoms with Crippen molar-refractivity contribution < 1.29 is 4.74 Å². The van der Waals surface area contributed by atoms with Gasteiger partial charge in [-0.1, -0.05) is 0 Å². The summed E-state index contributed by atoms with van der Waals surface area (Å²) in [5, 5.41) is 0. The number of aryl methyl sites for hydroxylation is 1. The zero-order valence-electron chi connectivity index (χ0n) is 12.2. The molecule has 1 aromatic heterocycles. The molecule has 0 bridgehead atoms. The monoisotopic (exact) mass is 264 g/mol. The van der Waals surface area contributed by atoms with Crippen molar-refractivity contribution >= 4 is 0 Å². The first-order valence-electron chi connectivity index (χ1n) is 7.13. The number of aromatic nitrogens is 1. The summed E-state index contributed by atoms with van der Waals surface area (Å²) in [6.07, 6.45) is 4.22. The number of H-pyrrole nitrogens is 1. The van der Waals surface area contributed by atoms with E-state index in [1.165, 1.54) is 12.8 Å². The van der Waals surface area contributed by atoms with Crippen LogP contribution in [0, 0.1) is 13.8 Å². The van der Waals surface area contributed by atoms with Crippen molar-refractivity contribution in [2.24, 2.45) is 0 Å². The Morgan fingerprint density at radius 3 is 3.00 bits per heavy atom. The molecular weight excluding hydrogens is 240 g/mol. The third kappa shape index (κ3) is 3.25. The highest BCUT2D eigenvalue weighted by Crippen LogP contribution is 2.20. The number of likely N-dealkylation sites (tertiary alicyclic amines) is 1. The molecule has 106 valence electrons. The van der Waals surface area contributed by atoms with Crippen LogP contribution in [0.25, 0.3) is 0 Å². The molecule has 0 unspecified atom stereocenters. The second-order valence-electron chi connectivity index (χ2n) is 5.33. The Morgan fingerprint density at radius 2 is 2.26 bits per heavy atom. The van der Waals surface area contributed by atoms with Crippen LogP contribution in [-0.2, 0) is 11.3 Å². The molecule has 4 nitrogen and oxygen atoms in total. The van der Waals surface area contributed by atoms with Gasteiger partial charge in [0.15, 0.2) is 5.43 Å². The molecule has 19 heavy (non-hydrogen) atoms. The third-order valence-corrected chi connectivity index (χ3v) is 3.99. The Hall–Kier alpha value is -1.13. The normalized spacial score (nSPS) is 20.1. The summed E-state index contributed by atoms with van der Waals surface area (Å²) in [4.78, 5) is 17.6. The van der Waals surface area contributed by atoms with Gasteiger partial charge in [-0.3, -0.25) is 9.69 Å². The largest absolute Gasteiger partial charge is 0.380 e. The summed E-state index contributed by atoms with van der Waals surface area (Å²) in [6.45, 7) is 9.27. The highest BCUT2D eigenvalue weighted by atomic mass is 16.5. The first-order chi connectivity index (χ1) is 9.13. The molecule has 2 rings (SSSR count). The number of hydrogen-bond acceptors (Lipinski definition) is 3. The molecule has 0 aliphatic carbocycles. The Bertz CT molecular complexity index is 482. The van der Waals surface area contributed by atoms with Gasteiger partial charge in [0, 0.05) is 42.2 Å². The van der Waals surface area contributed by atoms with Gasteiger partial charge in [0.05, 0.1) is 6.61 Å². The number of rotatable bonds is 5. The van der Waals surface area contributed by atoms with E-state index in [2.05, 4.69) is 9.88 Å². The first-order valence-corrected chi connectivity index (χ1v) is 7.13. The number of pyridine rings is 1. The molecule has 1 aromatic rings. The second-order valence-corrected chi connectivity index (χ2v) is 5.33. The highest BCUT2D eigenvalue weighted by molar-refractivity contribution is 5.23. The SMILES string of the molecule is CCOC[C@H]1CCCN1Cc1[nH]cc(C)c(=O)c1C. The summed E-state index contributed by atoms with van der Waals surface area (Å²) in [7, 11) is 0. The van der Waals surface area contributed by atoms with Crippen molar-refractivity contribution in [1.29, 1.82) is 0 Å². The molecule has 1 N–H and O–H groups in total. The van der Waals surface area contributed by atoms with Crippen molar-refractivity contribution in [3.63, 3.8) is 0 Å². The molecule has 0 radical (unpaired) electrons. The fourth-order valence-corrected chi connectivity index (χ4v) is 2.72. The number of aromatic amines is 1. The minimum atomic E-state index is 0.161. The van der Waals surface area contributed by atoms with Crippen molar-refractivity contribution in [2.45, 2.75) is 46.2 Å². The van der Waals surface area contributed by atoms with Crippen LogP contribution >= 0.6 is 0 Å². The van der Waals surface area contributed by atoms with Crippen LogP contribution in [0.1, 0.15) is 36.6 Å². The van der Waals surface area contributed by atoms with E-state index in [1.807, 2.05) is 27.0 Å². The van der Waals surface area contributed by atoms with E-state index < -0.39 is 0 Å². The Labute approximate surface area is 114 Å². The maximum Gasteiger partial charge on any atom is 0.187 e. The Balaban J connectivity index is 2.08. The van der Waals surface area contributed by atoms with Gasteiger partial charge in [-0.15, -0.1) is 0 Å². The average Bonchev–Trinajstić information content (AvgIpc) is 2.84. The maximum atomic E-state index is 12.0. The molecule has 0 amide bonds. The quantitative estimate of drug-likeness (QED) is 0.884. The van der Waals surface area contributed by atoms with E-state index in [9.17, 15) is 4.79 Å². The minimum absolute atomic E-state index is 0.161. The van der Waals surface area contributed by atoms with Gasteiger partial charge in [0.25, 0.3) is 0 Å². The summed E-state index contributed by atoms with van der Waals surface area (Å²) in [6, 6.07) is 0.490. The first kappa shape index (κ1) is 14.3. The number of nitrogens with one attached hydrogen (secondary N) is 1. The predicted octanol–water partition coefficient (Wildman–Crippen LogP) is 1.99. The summed E-state index contributed by atoms with van der Waals surface area (Å²) < 4.78 is 5.54.